The van der Waals surface area contributed by atoms with Crippen LogP contribution in [0.25, 0.3) is 20.7 Å². The second-order valence-electron chi connectivity index (χ2n) is 4.81. The van der Waals surface area contributed by atoms with Gasteiger partial charge in [0.2, 0.25) is 0 Å². The van der Waals surface area contributed by atoms with Gasteiger partial charge in [-0.05, 0) is 29.7 Å². The van der Waals surface area contributed by atoms with Gasteiger partial charge in [-0.15, -0.1) is 11.3 Å². The highest BCUT2D eigenvalue weighted by molar-refractivity contribution is 7.22. The summed E-state index contributed by atoms with van der Waals surface area (Å²) in [6.45, 7) is 0. The number of fused-ring (bicyclic) bond motifs is 1. The van der Waals surface area contributed by atoms with Gasteiger partial charge in [-0.1, -0.05) is 36.4 Å². The Kier molecular flexibility index (Phi) is 2.94. The van der Waals surface area contributed by atoms with E-state index in [0.29, 0.717) is 0 Å². The van der Waals surface area contributed by atoms with Crippen molar-refractivity contribution in [3.8, 4) is 10.6 Å². The smallest absolute Gasteiger partial charge is 0.152 e. The lowest BCUT2D eigenvalue weighted by molar-refractivity contribution is 1.10. The van der Waals surface area contributed by atoms with Crippen LogP contribution in [0.15, 0.2) is 66.7 Å². The Morgan fingerprint density at radius 2 is 1.71 bits per heavy atom. The first kappa shape index (κ1) is 12.2. The van der Waals surface area contributed by atoms with E-state index < -0.39 is 0 Å². The Morgan fingerprint density at radius 1 is 0.905 bits per heavy atom. The third-order valence-corrected chi connectivity index (χ3v) is 4.46. The first-order valence-corrected chi connectivity index (χ1v) is 7.56. The van der Waals surface area contributed by atoms with Crippen molar-refractivity contribution in [3.05, 3.63) is 66.7 Å². The summed E-state index contributed by atoms with van der Waals surface area (Å²) in [4.78, 5) is 1.20. The zero-order valence-electron chi connectivity index (χ0n) is 11.2. The summed E-state index contributed by atoms with van der Waals surface area (Å²) in [7, 11) is 0. The molecule has 0 bridgehead atoms. The van der Waals surface area contributed by atoms with Crippen LogP contribution in [-0.2, 0) is 0 Å². The SMILES string of the molecule is c1ccc(Nc2cc(-c3cc4ccccc4s3)[nH]n2)cc1. The number of aromatic amines is 1. The highest BCUT2D eigenvalue weighted by Crippen LogP contribution is 2.33. The summed E-state index contributed by atoms with van der Waals surface area (Å²) in [6, 6.07) is 22.7. The van der Waals surface area contributed by atoms with Crippen molar-refractivity contribution >= 4 is 32.9 Å². The fourth-order valence-electron chi connectivity index (χ4n) is 2.30. The summed E-state index contributed by atoms with van der Waals surface area (Å²) < 4.78 is 1.29. The molecule has 0 aliphatic rings. The quantitative estimate of drug-likeness (QED) is 0.555. The van der Waals surface area contributed by atoms with Gasteiger partial charge in [0.1, 0.15) is 0 Å². The van der Waals surface area contributed by atoms with Crippen molar-refractivity contribution in [1.82, 2.24) is 10.2 Å². The highest BCUT2D eigenvalue weighted by Gasteiger charge is 2.07. The van der Waals surface area contributed by atoms with Gasteiger partial charge in [-0.2, -0.15) is 5.10 Å². The summed E-state index contributed by atoms with van der Waals surface area (Å²) in [5.41, 5.74) is 2.07. The number of nitrogens with one attached hydrogen (secondary N) is 2. The molecule has 0 amide bonds. The minimum Gasteiger partial charge on any atom is -0.339 e. The van der Waals surface area contributed by atoms with Gasteiger partial charge in [-0.3, -0.25) is 5.10 Å². The maximum Gasteiger partial charge on any atom is 0.152 e. The lowest BCUT2D eigenvalue weighted by atomic mass is 10.2. The van der Waals surface area contributed by atoms with Gasteiger partial charge in [0.15, 0.2) is 5.82 Å². The molecule has 0 aliphatic heterocycles. The largest absolute Gasteiger partial charge is 0.339 e. The molecule has 0 saturated heterocycles. The van der Waals surface area contributed by atoms with E-state index in [1.807, 2.05) is 36.4 Å². The van der Waals surface area contributed by atoms with Crippen LogP contribution in [0.5, 0.6) is 0 Å². The number of aromatic nitrogens is 2. The molecule has 3 nitrogen and oxygen atoms in total. The molecule has 0 aliphatic carbocycles. The lowest BCUT2D eigenvalue weighted by Gasteiger charge is -2.00. The minimum atomic E-state index is 0.827. The predicted octanol–water partition coefficient (Wildman–Crippen LogP) is 5.04. The standard InChI is InChI=1S/C17H13N3S/c1-2-7-13(8-3-1)18-17-11-14(19-20-17)16-10-12-6-4-5-9-15(12)21-16/h1-11H,(H2,18,19,20). The highest BCUT2D eigenvalue weighted by atomic mass is 32.1. The Labute approximate surface area is 126 Å². The van der Waals surface area contributed by atoms with Crippen molar-refractivity contribution in [3.63, 3.8) is 0 Å². The molecule has 2 heterocycles. The molecule has 2 aromatic heterocycles. The van der Waals surface area contributed by atoms with Crippen molar-refractivity contribution < 1.29 is 0 Å². The third kappa shape index (κ3) is 2.41. The predicted molar refractivity (Wildman–Crippen MR) is 89.1 cm³/mol. The number of H-pyrrole nitrogens is 1. The molecule has 4 aromatic rings. The van der Waals surface area contributed by atoms with Crippen LogP contribution in [0.4, 0.5) is 11.5 Å². The molecule has 0 unspecified atom stereocenters. The number of thiophene rings is 1. The van der Waals surface area contributed by atoms with Gasteiger partial charge in [0, 0.05) is 16.5 Å². The molecule has 21 heavy (non-hydrogen) atoms. The van der Waals surface area contributed by atoms with Crippen LogP contribution in [0, 0.1) is 0 Å². The Morgan fingerprint density at radius 3 is 2.57 bits per heavy atom. The van der Waals surface area contributed by atoms with Crippen LogP contribution in [0.2, 0.25) is 0 Å². The van der Waals surface area contributed by atoms with Crippen molar-refractivity contribution in [2.24, 2.45) is 0 Å². The number of nitrogens with zero attached hydrogens (tertiary/aromatic N) is 1. The van der Waals surface area contributed by atoms with Crippen molar-refractivity contribution in [2.45, 2.75) is 0 Å². The van der Waals surface area contributed by atoms with Crippen LogP contribution in [-0.4, -0.2) is 10.2 Å². The maximum absolute atomic E-state index is 4.33. The van der Waals surface area contributed by atoms with Gasteiger partial charge in [-0.25, -0.2) is 0 Å². The first-order valence-electron chi connectivity index (χ1n) is 6.75. The number of rotatable bonds is 3. The van der Waals surface area contributed by atoms with E-state index in [0.717, 1.165) is 17.2 Å². The lowest BCUT2D eigenvalue weighted by Crippen LogP contribution is -1.88. The van der Waals surface area contributed by atoms with E-state index in [-0.39, 0.29) is 0 Å². The Balaban J connectivity index is 1.64. The first-order chi connectivity index (χ1) is 10.4. The normalized spacial score (nSPS) is 10.9. The molecule has 0 spiro atoms. The minimum absolute atomic E-state index is 0.827. The average Bonchev–Trinajstić information content (AvgIpc) is 3.14. The third-order valence-electron chi connectivity index (χ3n) is 3.32. The Bertz CT molecular complexity index is 844. The van der Waals surface area contributed by atoms with Gasteiger partial charge in [0.05, 0.1) is 10.6 Å². The number of hydrogen-bond donors (Lipinski definition) is 2. The molecular formula is C17H13N3S. The van der Waals surface area contributed by atoms with Gasteiger partial charge < -0.3 is 5.32 Å². The van der Waals surface area contributed by atoms with E-state index >= 15 is 0 Å². The van der Waals surface area contributed by atoms with Crippen LogP contribution in [0.1, 0.15) is 0 Å². The van der Waals surface area contributed by atoms with E-state index in [1.54, 1.807) is 11.3 Å². The molecule has 0 saturated carbocycles. The van der Waals surface area contributed by atoms with Crippen LogP contribution >= 0.6 is 11.3 Å². The van der Waals surface area contributed by atoms with E-state index in [1.165, 1.54) is 15.0 Å². The number of benzene rings is 2. The van der Waals surface area contributed by atoms with Crippen LogP contribution in [0.3, 0.4) is 0 Å². The monoisotopic (exact) mass is 291 g/mol. The molecule has 2 aromatic carbocycles. The number of para-hydroxylation sites is 1. The fourth-order valence-corrected chi connectivity index (χ4v) is 3.32. The number of hydrogen-bond acceptors (Lipinski definition) is 3. The number of anilines is 2. The molecule has 2 N–H and O–H groups in total. The molecule has 0 atom stereocenters. The topological polar surface area (TPSA) is 40.7 Å². The summed E-state index contributed by atoms with van der Waals surface area (Å²) in [5, 5.41) is 12.0. The zero-order valence-corrected chi connectivity index (χ0v) is 12.0. The molecule has 4 rings (SSSR count). The van der Waals surface area contributed by atoms with Crippen LogP contribution < -0.4 is 5.32 Å². The van der Waals surface area contributed by atoms with Gasteiger partial charge >= 0.3 is 0 Å². The average molecular weight is 291 g/mol. The molecule has 0 radical (unpaired) electrons. The second kappa shape index (κ2) is 5.07. The van der Waals surface area contributed by atoms with E-state index in [4.69, 9.17) is 0 Å². The summed E-state index contributed by atoms with van der Waals surface area (Å²) >= 11 is 1.77. The van der Waals surface area contributed by atoms with E-state index in [2.05, 4.69) is 45.8 Å². The maximum atomic E-state index is 4.33. The van der Waals surface area contributed by atoms with Crippen molar-refractivity contribution in [2.75, 3.05) is 5.32 Å². The zero-order chi connectivity index (χ0) is 14.1. The summed E-state index contributed by atoms with van der Waals surface area (Å²) in [5.74, 6) is 0.827. The fraction of sp³-hybridized carbons (Fsp3) is 0. The van der Waals surface area contributed by atoms with Crippen molar-refractivity contribution in [1.29, 1.82) is 0 Å². The van der Waals surface area contributed by atoms with E-state index in [9.17, 15) is 0 Å². The second-order valence-corrected chi connectivity index (χ2v) is 5.89. The van der Waals surface area contributed by atoms with Gasteiger partial charge in [0.25, 0.3) is 0 Å². The molecular weight excluding hydrogens is 278 g/mol. The Hall–Kier alpha value is -2.59. The molecule has 102 valence electrons. The molecule has 0 fully saturated rings. The summed E-state index contributed by atoms with van der Waals surface area (Å²) in [6.07, 6.45) is 0. The molecule has 4 heteroatoms.